The van der Waals surface area contributed by atoms with E-state index in [2.05, 4.69) is 17.0 Å². The summed E-state index contributed by atoms with van der Waals surface area (Å²) in [5, 5.41) is 10.1. The Bertz CT molecular complexity index is 660. The Kier molecular flexibility index (Phi) is 4.03. The summed E-state index contributed by atoms with van der Waals surface area (Å²) in [4.78, 5) is 2.48. The molecule has 0 saturated carbocycles. The number of aliphatic hydroxyl groups excluding tert-OH is 1. The summed E-state index contributed by atoms with van der Waals surface area (Å²) in [6.07, 6.45) is 6.33. The second-order valence-electron chi connectivity index (χ2n) is 7.11. The third kappa shape index (κ3) is 2.34. The van der Waals surface area contributed by atoms with Gasteiger partial charge in [0.1, 0.15) is 6.10 Å². The average Bonchev–Trinajstić information content (AvgIpc) is 2.83. The molecule has 0 saturated heterocycles. The van der Waals surface area contributed by atoms with Crippen LogP contribution in [0, 0.1) is 0 Å². The average molecular weight is 330 g/mol. The molecule has 4 rings (SSSR count). The van der Waals surface area contributed by atoms with Gasteiger partial charge in [-0.3, -0.25) is 4.90 Å². The van der Waals surface area contributed by atoms with Crippen molar-refractivity contribution in [2.45, 2.75) is 43.4 Å². The molecule has 2 unspecified atom stereocenters. The third-order valence-electron chi connectivity index (χ3n) is 5.71. The summed E-state index contributed by atoms with van der Waals surface area (Å²) >= 11 is 0. The maximum Gasteiger partial charge on any atom is 0.166 e. The molecule has 5 nitrogen and oxygen atoms in total. The number of methoxy groups -OCH3 is 1. The van der Waals surface area contributed by atoms with Gasteiger partial charge in [-0.25, -0.2) is 0 Å². The van der Waals surface area contributed by atoms with Gasteiger partial charge in [0, 0.05) is 18.5 Å². The molecule has 1 aromatic rings. The first-order chi connectivity index (χ1) is 11.7. The zero-order valence-electron chi connectivity index (χ0n) is 14.2. The predicted molar refractivity (Wildman–Crippen MR) is 92.4 cm³/mol. The number of nitrogens with zero attached hydrogens (tertiary/aromatic N) is 1. The van der Waals surface area contributed by atoms with Crippen LogP contribution < -0.4 is 15.2 Å². The minimum atomic E-state index is -0.430. The van der Waals surface area contributed by atoms with Gasteiger partial charge in [-0.15, -0.1) is 0 Å². The molecule has 5 heteroatoms. The third-order valence-corrected chi connectivity index (χ3v) is 5.71. The van der Waals surface area contributed by atoms with Crippen LogP contribution in [0.15, 0.2) is 24.3 Å². The number of nitrogens with two attached hydrogens (primary N) is 1. The summed E-state index contributed by atoms with van der Waals surface area (Å²) < 4.78 is 11.9. The molecule has 1 aromatic carbocycles. The van der Waals surface area contributed by atoms with Crippen molar-refractivity contribution in [3.8, 4) is 11.5 Å². The number of hydrogen-bond acceptors (Lipinski definition) is 5. The van der Waals surface area contributed by atoms with Gasteiger partial charge in [-0.1, -0.05) is 18.2 Å². The van der Waals surface area contributed by atoms with Gasteiger partial charge in [0.15, 0.2) is 11.5 Å². The molecule has 130 valence electrons. The van der Waals surface area contributed by atoms with E-state index < -0.39 is 6.10 Å². The van der Waals surface area contributed by atoms with E-state index in [9.17, 15) is 5.11 Å². The fraction of sp³-hybridized carbons (Fsp3) is 0.579. The maximum absolute atomic E-state index is 10.1. The van der Waals surface area contributed by atoms with E-state index in [0.29, 0.717) is 6.42 Å². The van der Waals surface area contributed by atoms with Crippen molar-refractivity contribution < 1.29 is 14.6 Å². The Morgan fingerprint density at radius 3 is 3.12 bits per heavy atom. The van der Waals surface area contributed by atoms with E-state index in [-0.39, 0.29) is 11.5 Å². The summed E-state index contributed by atoms with van der Waals surface area (Å²) in [6.45, 7) is 3.67. The molecule has 24 heavy (non-hydrogen) atoms. The molecule has 0 fully saturated rings. The highest BCUT2D eigenvalue weighted by molar-refractivity contribution is 5.60. The van der Waals surface area contributed by atoms with Crippen LogP contribution in [-0.4, -0.2) is 49.0 Å². The topological polar surface area (TPSA) is 68.0 Å². The van der Waals surface area contributed by atoms with Crippen LogP contribution in [-0.2, 0) is 12.0 Å². The Balaban J connectivity index is 1.80. The highest BCUT2D eigenvalue weighted by atomic mass is 16.5. The molecule has 3 atom stereocenters. The highest BCUT2D eigenvalue weighted by Gasteiger charge is 2.52. The first-order valence-corrected chi connectivity index (χ1v) is 8.85. The van der Waals surface area contributed by atoms with E-state index in [1.54, 1.807) is 7.11 Å². The van der Waals surface area contributed by atoms with Crippen molar-refractivity contribution in [1.82, 2.24) is 4.90 Å². The smallest absolute Gasteiger partial charge is 0.166 e. The van der Waals surface area contributed by atoms with Gasteiger partial charge in [0.25, 0.3) is 0 Å². The molecule has 2 heterocycles. The van der Waals surface area contributed by atoms with Crippen molar-refractivity contribution in [1.29, 1.82) is 0 Å². The summed E-state index contributed by atoms with van der Waals surface area (Å²) in [5.74, 6) is 1.67. The number of hydrogen-bond donors (Lipinski definition) is 2. The lowest BCUT2D eigenvalue weighted by atomic mass is 9.69. The quantitative estimate of drug-likeness (QED) is 0.820. The Hall–Kier alpha value is -1.56. The van der Waals surface area contributed by atoms with E-state index >= 15 is 0 Å². The van der Waals surface area contributed by atoms with Crippen molar-refractivity contribution in [2.24, 2.45) is 5.73 Å². The lowest BCUT2D eigenvalue weighted by Gasteiger charge is -2.35. The Labute approximate surface area is 143 Å². The van der Waals surface area contributed by atoms with Crippen molar-refractivity contribution >= 4 is 0 Å². The van der Waals surface area contributed by atoms with E-state index in [1.165, 1.54) is 11.1 Å². The number of ether oxygens (including phenoxy) is 2. The molecule has 1 aliphatic carbocycles. The van der Waals surface area contributed by atoms with Crippen LogP contribution in [0.3, 0.4) is 0 Å². The van der Waals surface area contributed by atoms with Gasteiger partial charge < -0.3 is 20.3 Å². The fourth-order valence-corrected chi connectivity index (χ4v) is 4.50. The van der Waals surface area contributed by atoms with Crippen LogP contribution in [0.2, 0.25) is 0 Å². The van der Waals surface area contributed by atoms with Gasteiger partial charge in [-0.05, 0) is 44.1 Å². The van der Waals surface area contributed by atoms with Gasteiger partial charge in [0.2, 0.25) is 0 Å². The molecular weight excluding hydrogens is 304 g/mol. The fourth-order valence-electron chi connectivity index (χ4n) is 4.50. The van der Waals surface area contributed by atoms with Gasteiger partial charge in [0.05, 0.1) is 18.6 Å². The van der Waals surface area contributed by atoms with Crippen LogP contribution in [0.4, 0.5) is 0 Å². The second-order valence-corrected chi connectivity index (χ2v) is 7.11. The molecule has 3 aliphatic rings. The van der Waals surface area contributed by atoms with Crippen LogP contribution in [0.25, 0.3) is 0 Å². The standard InChI is InChI=1S/C19H26N2O3/c1-23-15-4-3-13-12-21(9-2-8-20)10-7-19-6-5-14(22)11-16(19)24-18(15)17(13)19/h3-6,14,16,22H,2,7-12,20H2,1H3/t14-,16?,19?/m0/s1. The largest absolute Gasteiger partial charge is 0.493 e. The number of benzene rings is 1. The molecule has 3 N–H and O–H groups in total. The van der Waals surface area contributed by atoms with Crippen molar-refractivity contribution in [3.63, 3.8) is 0 Å². The Morgan fingerprint density at radius 1 is 1.46 bits per heavy atom. The van der Waals surface area contributed by atoms with Crippen LogP contribution in [0.5, 0.6) is 11.5 Å². The molecule has 1 spiro atoms. The summed E-state index contributed by atoms with van der Waals surface area (Å²) in [6, 6.07) is 4.18. The molecular formula is C19H26N2O3. The summed E-state index contributed by atoms with van der Waals surface area (Å²) in [7, 11) is 1.69. The van der Waals surface area contributed by atoms with Crippen molar-refractivity contribution in [3.05, 3.63) is 35.4 Å². The number of rotatable bonds is 4. The molecule has 0 amide bonds. The minimum absolute atomic E-state index is 0.0167. The van der Waals surface area contributed by atoms with Gasteiger partial charge >= 0.3 is 0 Å². The molecule has 2 aliphatic heterocycles. The zero-order chi connectivity index (χ0) is 16.7. The monoisotopic (exact) mass is 330 g/mol. The predicted octanol–water partition coefficient (Wildman–Crippen LogP) is 1.57. The molecule has 0 aromatic heterocycles. The zero-order valence-corrected chi connectivity index (χ0v) is 14.2. The normalized spacial score (nSPS) is 31.1. The molecule has 0 bridgehead atoms. The van der Waals surface area contributed by atoms with Crippen LogP contribution in [0.1, 0.15) is 30.4 Å². The van der Waals surface area contributed by atoms with Crippen LogP contribution >= 0.6 is 0 Å². The van der Waals surface area contributed by atoms with E-state index in [0.717, 1.165) is 50.5 Å². The van der Waals surface area contributed by atoms with Crippen molar-refractivity contribution in [2.75, 3.05) is 26.7 Å². The lowest BCUT2D eigenvalue weighted by Crippen LogP contribution is -2.43. The second kappa shape index (κ2) is 6.06. The lowest BCUT2D eigenvalue weighted by molar-refractivity contribution is 0.0810. The minimum Gasteiger partial charge on any atom is -0.493 e. The Morgan fingerprint density at radius 2 is 2.33 bits per heavy atom. The first-order valence-electron chi connectivity index (χ1n) is 8.85. The highest BCUT2D eigenvalue weighted by Crippen LogP contribution is 2.55. The van der Waals surface area contributed by atoms with Gasteiger partial charge in [-0.2, -0.15) is 0 Å². The number of aliphatic hydroxyl groups is 1. The maximum atomic E-state index is 10.1. The SMILES string of the molecule is COc1ccc2c3c1OC1C[C@@H](O)C=CC31CCN(CCCN)C2. The molecule has 0 radical (unpaired) electrons. The first kappa shape index (κ1) is 15.9. The van der Waals surface area contributed by atoms with E-state index in [1.807, 2.05) is 12.1 Å². The van der Waals surface area contributed by atoms with E-state index in [4.69, 9.17) is 15.2 Å². The summed E-state index contributed by atoms with van der Waals surface area (Å²) in [5.41, 5.74) is 8.13.